The monoisotopic (exact) mass is 264 g/mol. The molecule has 0 amide bonds. The molecule has 0 aliphatic carbocycles. The third-order valence-corrected chi connectivity index (χ3v) is 3.29. The number of esters is 1. The van der Waals surface area contributed by atoms with Crippen molar-refractivity contribution in [3.05, 3.63) is 29.3 Å². The summed E-state index contributed by atoms with van der Waals surface area (Å²) in [5, 5.41) is 9.91. The standard InChI is InChI=1S/C15H20O4/c1-4-18-14(17)13(16)11-5-6-12-10(9-11)7-8-15(2,3)19-12/h5-6,9,13,16H,4,7-8H2,1-3H3. The van der Waals surface area contributed by atoms with E-state index < -0.39 is 12.1 Å². The van der Waals surface area contributed by atoms with Gasteiger partial charge in [-0.15, -0.1) is 0 Å². The highest BCUT2D eigenvalue weighted by Gasteiger charge is 2.28. The van der Waals surface area contributed by atoms with E-state index in [2.05, 4.69) is 13.8 Å². The van der Waals surface area contributed by atoms with Crippen LogP contribution in [-0.2, 0) is 16.0 Å². The lowest BCUT2D eigenvalue weighted by molar-refractivity contribution is -0.153. The molecule has 1 aliphatic rings. The van der Waals surface area contributed by atoms with Crippen LogP contribution in [0.4, 0.5) is 0 Å². The molecule has 1 unspecified atom stereocenters. The zero-order valence-electron chi connectivity index (χ0n) is 11.6. The molecule has 1 N–H and O–H groups in total. The summed E-state index contributed by atoms with van der Waals surface area (Å²) in [4.78, 5) is 11.5. The van der Waals surface area contributed by atoms with Gasteiger partial charge in [-0.05, 0) is 56.9 Å². The first-order valence-electron chi connectivity index (χ1n) is 6.59. The molecule has 0 aromatic heterocycles. The summed E-state index contributed by atoms with van der Waals surface area (Å²) < 4.78 is 10.7. The van der Waals surface area contributed by atoms with Crippen molar-refractivity contribution in [3.63, 3.8) is 0 Å². The van der Waals surface area contributed by atoms with E-state index in [0.717, 1.165) is 24.2 Å². The molecular formula is C15H20O4. The molecule has 104 valence electrons. The molecule has 0 spiro atoms. The summed E-state index contributed by atoms with van der Waals surface area (Å²) in [5.74, 6) is 0.218. The fourth-order valence-electron chi connectivity index (χ4n) is 2.21. The molecule has 0 radical (unpaired) electrons. The number of carbonyl (C=O) groups excluding carboxylic acids is 1. The Labute approximate surface area is 113 Å². The molecule has 1 aromatic rings. The van der Waals surface area contributed by atoms with Gasteiger partial charge in [0.15, 0.2) is 6.10 Å². The number of ether oxygens (including phenoxy) is 2. The van der Waals surface area contributed by atoms with E-state index >= 15 is 0 Å². The Morgan fingerprint density at radius 1 is 1.53 bits per heavy atom. The van der Waals surface area contributed by atoms with Crippen LogP contribution in [0.15, 0.2) is 18.2 Å². The van der Waals surface area contributed by atoms with Crippen LogP contribution in [0.1, 0.15) is 44.4 Å². The van der Waals surface area contributed by atoms with Gasteiger partial charge in [-0.1, -0.05) is 6.07 Å². The Kier molecular flexibility index (Phi) is 3.80. The van der Waals surface area contributed by atoms with Crippen molar-refractivity contribution in [3.8, 4) is 5.75 Å². The second kappa shape index (κ2) is 5.21. The van der Waals surface area contributed by atoms with Crippen molar-refractivity contribution in [2.45, 2.75) is 45.3 Å². The molecule has 0 fully saturated rings. The van der Waals surface area contributed by atoms with E-state index in [1.54, 1.807) is 13.0 Å². The molecular weight excluding hydrogens is 244 g/mol. The van der Waals surface area contributed by atoms with Crippen molar-refractivity contribution < 1.29 is 19.4 Å². The molecule has 1 heterocycles. The third-order valence-electron chi connectivity index (χ3n) is 3.29. The van der Waals surface area contributed by atoms with Crippen molar-refractivity contribution in [1.29, 1.82) is 0 Å². The van der Waals surface area contributed by atoms with E-state index in [0.29, 0.717) is 5.56 Å². The van der Waals surface area contributed by atoms with E-state index in [-0.39, 0.29) is 12.2 Å². The maximum Gasteiger partial charge on any atom is 0.339 e. The van der Waals surface area contributed by atoms with Crippen LogP contribution in [0.3, 0.4) is 0 Å². The van der Waals surface area contributed by atoms with Gasteiger partial charge in [0.1, 0.15) is 11.4 Å². The maximum absolute atomic E-state index is 11.5. The largest absolute Gasteiger partial charge is 0.488 e. The van der Waals surface area contributed by atoms with Crippen LogP contribution >= 0.6 is 0 Å². The summed E-state index contributed by atoms with van der Waals surface area (Å²) in [6, 6.07) is 5.35. The highest BCUT2D eigenvalue weighted by atomic mass is 16.5. The highest BCUT2D eigenvalue weighted by molar-refractivity contribution is 5.76. The van der Waals surface area contributed by atoms with Crippen molar-refractivity contribution >= 4 is 5.97 Å². The SMILES string of the molecule is CCOC(=O)C(O)c1ccc2c(c1)CCC(C)(C)O2. The van der Waals surface area contributed by atoms with Gasteiger partial charge in [0.05, 0.1) is 6.61 Å². The molecule has 4 nitrogen and oxygen atoms in total. The second-order valence-corrected chi connectivity index (χ2v) is 5.38. The lowest BCUT2D eigenvalue weighted by atomic mass is 9.92. The van der Waals surface area contributed by atoms with E-state index in [4.69, 9.17) is 9.47 Å². The number of hydrogen-bond acceptors (Lipinski definition) is 4. The Balaban J connectivity index is 2.20. The van der Waals surface area contributed by atoms with Crippen LogP contribution in [0, 0.1) is 0 Å². The van der Waals surface area contributed by atoms with Gasteiger partial charge < -0.3 is 14.6 Å². The highest BCUT2D eigenvalue weighted by Crippen LogP contribution is 2.34. The Morgan fingerprint density at radius 2 is 2.26 bits per heavy atom. The van der Waals surface area contributed by atoms with Crippen LogP contribution in [0.5, 0.6) is 5.75 Å². The number of benzene rings is 1. The van der Waals surface area contributed by atoms with Gasteiger partial charge >= 0.3 is 5.97 Å². The van der Waals surface area contributed by atoms with Crippen LogP contribution in [0.2, 0.25) is 0 Å². The summed E-state index contributed by atoms with van der Waals surface area (Å²) >= 11 is 0. The summed E-state index contributed by atoms with van der Waals surface area (Å²) in [6.45, 7) is 6.08. The van der Waals surface area contributed by atoms with Gasteiger partial charge in [-0.25, -0.2) is 4.79 Å². The predicted molar refractivity (Wildman–Crippen MR) is 71.1 cm³/mol. The van der Waals surface area contributed by atoms with Crippen LogP contribution in [0.25, 0.3) is 0 Å². The molecule has 2 rings (SSSR count). The van der Waals surface area contributed by atoms with Crippen molar-refractivity contribution in [2.24, 2.45) is 0 Å². The third kappa shape index (κ3) is 3.07. The summed E-state index contributed by atoms with van der Waals surface area (Å²) in [6.07, 6.45) is 0.574. The van der Waals surface area contributed by atoms with E-state index in [1.807, 2.05) is 12.1 Å². The molecule has 1 aliphatic heterocycles. The number of fused-ring (bicyclic) bond motifs is 1. The Bertz CT molecular complexity index is 479. The first-order valence-corrected chi connectivity index (χ1v) is 6.59. The summed E-state index contributed by atoms with van der Waals surface area (Å²) in [5.41, 5.74) is 1.43. The smallest absolute Gasteiger partial charge is 0.339 e. The Hall–Kier alpha value is -1.55. The van der Waals surface area contributed by atoms with Gasteiger partial charge in [0.2, 0.25) is 0 Å². The first-order chi connectivity index (χ1) is 8.93. The molecule has 1 atom stereocenters. The van der Waals surface area contributed by atoms with Gasteiger partial charge in [0, 0.05) is 0 Å². The molecule has 19 heavy (non-hydrogen) atoms. The quantitative estimate of drug-likeness (QED) is 0.852. The zero-order chi connectivity index (χ0) is 14.0. The maximum atomic E-state index is 11.5. The van der Waals surface area contributed by atoms with Crippen molar-refractivity contribution in [2.75, 3.05) is 6.61 Å². The number of aliphatic hydroxyl groups is 1. The minimum Gasteiger partial charge on any atom is -0.488 e. The lowest BCUT2D eigenvalue weighted by Crippen LogP contribution is -2.32. The molecule has 0 saturated carbocycles. The van der Waals surface area contributed by atoms with E-state index in [1.165, 1.54) is 0 Å². The number of aryl methyl sites for hydroxylation is 1. The molecule has 0 saturated heterocycles. The van der Waals surface area contributed by atoms with Crippen molar-refractivity contribution in [1.82, 2.24) is 0 Å². The minimum atomic E-state index is -1.22. The second-order valence-electron chi connectivity index (χ2n) is 5.38. The summed E-state index contributed by atoms with van der Waals surface area (Å²) in [7, 11) is 0. The molecule has 0 bridgehead atoms. The molecule has 4 heteroatoms. The number of carbonyl (C=O) groups is 1. The zero-order valence-corrected chi connectivity index (χ0v) is 11.6. The normalized spacial score (nSPS) is 18.1. The lowest BCUT2D eigenvalue weighted by Gasteiger charge is -2.32. The Morgan fingerprint density at radius 3 is 2.95 bits per heavy atom. The fourth-order valence-corrected chi connectivity index (χ4v) is 2.21. The van der Waals surface area contributed by atoms with Crippen LogP contribution < -0.4 is 4.74 Å². The van der Waals surface area contributed by atoms with Gasteiger partial charge in [0.25, 0.3) is 0 Å². The van der Waals surface area contributed by atoms with E-state index in [9.17, 15) is 9.90 Å². The average Bonchev–Trinajstić information content (AvgIpc) is 2.36. The van der Waals surface area contributed by atoms with Gasteiger partial charge in [-0.2, -0.15) is 0 Å². The average molecular weight is 264 g/mol. The number of aliphatic hydroxyl groups excluding tert-OH is 1. The predicted octanol–water partition coefficient (Wildman–Crippen LogP) is 2.39. The molecule has 1 aromatic carbocycles. The van der Waals surface area contributed by atoms with Gasteiger partial charge in [-0.3, -0.25) is 0 Å². The fraction of sp³-hybridized carbons (Fsp3) is 0.533. The minimum absolute atomic E-state index is 0.158. The van der Waals surface area contributed by atoms with Crippen LogP contribution in [-0.4, -0.2) is 23.3 Å². The number of hydrogen-bond donors (Lipinski definition) is 1. The topological polar surface area (TPSA) is 55.8 Å². The first kappa shape index (κ1) is 13.9. The number of rotatable bonds is 3.